The molecule has 1 heterocycles. The van der Waals surface area contributed by atoms with E-state index in [1.54, 1.807) is 36.0 Å². The molecule has 1 atom stereocenters. The van der Waals surface area contributed by atoms with Crippen molar-refractivity contribution in [2.45, 2.75) is 25.8 Å². The fourth-order valence-electron chi connectivity index (χ4n) is 2.64. The molecule has 0 aromatic heterocycles. The maximum absolute atomic E-state index is 12.8. The van der Waals surface area contributed by atoms with Crippen molar-refractivity contribution in [1.29, 1.82) is 0 Å². The molecule has 21 heavy (non-hydrogen) atoms. The molecule has 1 aliphatic heterocycles. The van der Waals surface area contributed by atoms with Gasteiger partial charge in [0, 0.05) is 20.6 Å². The zero-order valence-corrected chi connectivity index (χ0v) is 12.8. The Morgan fingerprint density at radius 1 is 1.33 bits per heavy atom. The maximum Gasteiger partial charge on any atom is 0.258 e. The number of hydrogen-bond acceptors (Lipinski definition) is 3. The van der Waals surface area contributed by atoms with Crippen LogP contribution in [0.4, 0.5) is 0 Å². The molecule has 0 unspecified atom stereocenters. The second-order valence-electron chi connectivity index (χ2n) is 5.32. The molecule has 0 radical (unpaired) electrons. The van der Waals surface area contributed by atoms with Gasteiger partial charge in [0.1, 0.15) is 11.8 Å². The molecule has 1 fully saturated rings. The van der Waals surface area contributed by atoms with E-state index >= 15 is 0 Å². The summed E-state index contributed by atoms with van der Waals surface area (Å²) in [6.45, 7) is 3.00. The van der Waals surface area contributed by atoms with Crippen LogP contribution in [0.2, 0.25) is 0 Å². The molecule has 2 rings (SSSR count). The molecule has 0 saturated carbocycles. The van der Waals surface area contributed by atoms with Gasteiger partial charge >= 0.3 is 0 Å². The molecule has 0 bridgehead atoms. The van der Waals surface area contributed by atoms with E-state index in [4.69, 9.17) is 4.74 Å². The van der Waals surface area contributed by atoms with Crippen molar-refractivity contribution in [2.24, 2.45) is 0 Å². The number of ether oxygens (including phenoxy) is 1. The van der Waals surface area contributed by atoms with Crippen molar-refractivity contribution in [3.63, 3.8) is 0 Å². The van der Waals surface area contributed by atoms with Crippen molar-refractivity contribution in [3.8, 4) is 5.75 Å². The van der Waals surface area contributed by atoms with Crippen LogP contribution in [0.25, 0.3) is 0 Å². The molecule has 114 valence electrons. The molecule has 1 aromatic carbocycles. The summed E-state index contributed by atoms with van der Waals surface area (Å²) in [6.07, 6.45) is 1.58. The van der Waals surface area contributed by atoms with Crippen LogP contribution in [0, 0.1) is 0 Å². The first-order chi connectivity index (χ1) is 10.1. The first kappa shape index (κ1) is 15.4. The van der Waals surface area contributed by atoms with Gasteiger partial charge < -0.3 is 14.5 Å². The molecule has 0 N–H and O–H groups in total. The Morgan fingerprint density at radius 2 is 2.05 bits per heavy atom. The van der Waals surface area contributed by atoms with Crippen molar-refractivity contribution in [3.05, 3.63) is 29.8 Å². The summed E-state index contributed by atoms with van der Waals surface area (Å²) in [5.74, 6) is 0.430. The standard InChI is InChI=1S/C16H22N2O3/c1-4-21-14-10-6-5-8-12(14)15(19)18-11-7-9-13(18)16(20)17(2)3/h5-6,8,10,13H,4,7,9,11H2,1-3H3/t13-/m0/s1. The molecule has 2 amide bonds. The molecule has 5 nitrogen and oxygen atoms in total. The smallest absolute Gasteiger partial charge is 0.258 e. The van der Waals surface area contributed by atoms with Gasteiger partial charge in [-0.3, -0.25) is 9.59 Å². The second-order valence-corrected chi connectivity index (χ2v) is 5.32. The van der Waals surface area contributed by atoms with Gasteiger partial charge in [-0.15, -0.1) is 0 Å². The van der Waals surface area contributed by atoms with Crippen molar-refractivity contribution in [2.75, 3.05) is 27.2 Å². The van der Waals surface area contributed by atoms with Crippen molar-refractivity contribution < 1.29 is 14.3 Å². The minimum absolute atomic E-state index is 0.0188. The Morgan fingerprint density at radius 3 is 2.71 bits per heavy atom. The number of amides is 2. The summed E-state index contributed by atoms with van der Waals surface area (Å²) in [7, 11) is 3.44. The number of carbonyl (C=O) groups excluding carboxylic acids is 2. The van der Waals surface area contributed by atoms with Gasteiger partial charge in [-0.05, 0) is 31.9 Å². The zero-order valence-electron chi connectivity index (χ0n) is 12.8. The molecule has 5 heteroatoms. The van der Waals surface area contributed by atoms with E-state index in [2.05, 4.69) is 0 Å². The third-order valence-electron chi connectivity index (χ3n) is 3.66. The van der Waals surface area contributed by atoms with E-state index in [1.807, 2.05) is 19.1 Å². The quantitative estimate of drug-likeness (QED) is 0.849. The van der Waals surface area contributed by atoms with Gasteiger partial charge in [-0.25, -0.2) is 0 Å². The Bertz CT molecular complexity index is 528. The third-order valence-corrected chi connectivity index (χ3v) is 3.66. The highest BCUT2D eigenvalue weighted by Gasteiger charge is 2.36. The Hall–Kier alpha value is -2.04. The molecular weight excluding hydrogens is 268 g/mol. The number of likely N-dealkylation sites (tertiary alicyclic amines) is 1. The predicted octanol–water partition coefficient (Wildman–Crippen LogP) is 1.78. The number of likely N-dealkylation sites (N-methyl/N-ethyl adjacent to an activating group) is 1. The Labute approximate surface area is 125 Å². The molecule has 0 spiro atoms. The molecule has 1 saturated heterocycles. The number of para-hydroxylation sites is 1. The van der Waals surface area contributed by atoms with Gasteiger partial charge in [0.2, 0.25) is 5.91 Å². The number of rotatable bonds is 4. The van der Waals surface area contributed by atoms with Crippen LogP contribution in [0.15, 0.2) is 24.3 Å². The lowest BCUT2D eigenvalue weighted by atomic mass is 10.1. The van der Waals surface area contributed by atoms with Crippen LogP contribution < -0.4 is 4.74 Å². The van der Waals surface area contributed by atoms with Crippen LogP contribution >= 0.6 is 0 Å². The van der Waals surface area contributed by atoms with Gasteiger partial charge in [0.15, 0.2) is 0 Å². The number of carbonyl (C=O) groups is 2. The Balaban J connectivity index is 2.25. The van der Waals surface area contributed by atoms with Gasteiger partial charge in [-0.1, -0.05) is 12.1 Å². The number of hydrogen-bond donors (Lipinski definition) is 0. The second kappa shape index (κ2) is 6.61. The van der Waals surface area contributed by atoms with E-state index in [9.17, 15) is 9.59 Å². The van der Waals surface area contributed by atoms with Crippen LogP contribution in [-0.2, 0) is 4.79 Å². The first-order valence-electron chi connectivity index (χ1n) is 7.30. The van der Waals surface area contributed by atoms with Gasteiger partial charge in [0.25, 0.3) is 5.91 Å². The average molecular weight is 290 g/mol. The van der Waals surface area contributed by atoms with Gasteiger partial charge in [0.05, 0.1) is 12.2 Å². The maximum atomic E-state index is 12.8. The number of nitrogens with zero attached hydrogens (tertiary/aromatic N) is 2. The average Bonchev–Trinajstić information content (AvgIpc) is 2.95. The number of benzene rings is 1. The highest BCUT2D eigenvalue weighted by Crippen LogP contribution is 2.25. The molecule has 1 aliphatic rings. The normalized spacial score (nSPS) is 17.7. The van der Waals surface area contributed by atoms with E-state index in [1.165, 1.54) is 0 Å². The lowest BCUT2D eigenvalue weighted by molar-refractivity contribution is -0.132. The zero-order chi connectivity index (χ0) is 15.4. The lowest BCUT2D eigenvalue weighted by Gasteiger charge is -2.26. The molecule has 0 aliphatic carbocycles. The fraction of sp³-hybridized carbons (Fsp3) is 0.500. The predicted molar refractivity (Wildman–Crippen MR) is 80.4 cm³/mol. The lowest BCUT2D eigenvalue weighted by Crippen LogP contribution is -2.45. The van der Waals surface area contributed by atoms with Crippen LogP contribution in [0.5, 0.6) is 5.75 Å². The van der Waals surface area contributed by atoms with Crippen LogP contribution in [0.1, 0.15) is 30.1 Å². The summed E-state index contributed by atoms with van der Waals surface area (Å²) < 4.78 is 5.52. The monoisotopic (exact) mass is 290 g/mol. The van der Waals surface area contributed by atoms with E-state index in [0.29, 0.717) is 24.5 Å². The largest absolute Gasteiger partial charge is 0.493 e. The highest BCUT2D eigenvalue weighted by molar-refractivity contribution is 6.00. The molecule has 1 aromatic rings. The topological polar surface area (TPSA) is 49.9 Å². The van der Waals surface area contributed by atoms with Crippen molar-refractivity contribution in [1.82, 2.24) is 9.80 Å². The SMILES string of the molecule is CCOc1ccccc1C(=O)N1CCC[C@H]1C(=O)N(C)C. The molecular formula is C16H22N2O3. The third kappa shape index (κ3) is 3.17. The summed E-state index contributed by atoms with van der Waals surface area (Å²) in [5.41, 5.74) is 0.526. The summed E-state index contributed by atoms with van der Waals surface area (Å²) in [4.78, 5) is 28.2. The van der Waals surface area contributed by atoms with Crippen LogP contribution in [0.3, 0.4) is 0 Å². The first-order valence-corrected chi connectivity index (χ1v) is 7.30. The Kier molecular flexibility index (Phi) is 4.83. The van der Waals surface area contributed by atoms with E-state index in [0.717, 1.165) is 12.8 Å². The van der Waals surface area contributed by atoms with E-state index < -0.39 is 0 Å². The van der Waals surface area contributed by atoms with Crippen molar-refractivity contribution >= 4 is 11.8 Å². The van der Waals surface area contributed by atoms with E-state index in [-0.39, 0.29) is 17.9 Å². The summed E-state index contributed by atoms with van der Waals surface area (Å²) in [6, 6.07) is 6.84. The highest BCUT2D eigenvalue weighted by atomic mass is 16.5. The summed E-state index contributed by atoms with van der Waals surface area (Å²) >= 11 is 0. The fourth-order valence-corrected chi connectivity index (χ4v) is 2.64. The minimum Gasteiger partial charge on any atom is -0.493 e. The minimum atomic E-state index is -0.359. The van der Waals surface area contributed by atoms with Crippen LogP contribution in [-0.4, -0.2) is 54.9 Å². The van der Waals surface area contributed by atoms with Gasteiger partial charge in [-0.2, -0.15) is 0 Å². The summed E-state index contributed by atoms with van der Waals surface area (Å²) in [5, 5.41) is 0.